The van der Waals surface area contributed by atoms with Crippen LogP contribution in [0, 0.1) is 18.7 Å². The Morgan fingerprint density at radius 2 is 2.25 bits per heavy atom. The first-order valence-electron chi connectivity index (χ1n) is 9.63. The number of rotatable bonds is 4. The fourth-order valence-electron chi connectivity index (χ4n) is 4.44. The molecule has 2 atom stereocenters. The first-order chi connectivity index (χ1) is 13.4. The molecule has 2 amide bonds. The van der Waals surface area contributed by atoms with Crippen molar-refractivity contribution >= 4 is 6.03 Å². The molecule has 0 unspecified atom stereocenters. The number of carbonyl (C=O) groups is 1. The predicted octanol–water partition coefficient (Wildman–Crippen LogP) is 1.45. The van der Waals surface area contributed by atoms with Crippen LogP contribution in [0.25, 0.3) is 0 Å². The number of pyridine rings is 1. The van der Waals surface area contributed by atoms with Crippen molar-refractivity contribution < 1.29 is 9.18 Å². The van der Waals surface area contributed by atoms with E-state index in [9.17, 15) is 9.18 Å². The van der Waals surface area contributed by atoms with E-state index < -0.39 is 0 Å². The summed E-state index contributed by atoms with van der Waals surface area (Å²) >= 11 is 0. The normalized spacial score (nSPS) is 24.8. The molecule has 9 heteroatoms. The Hall–Kier alpha value is -2.55. The van der Waals surface area contributed by atoms with Crippen LogP contribution in [0.2, 0.25) is 0 Å². The van der Waals surface area contributed by atoms with Crippen molar-refractivity contribution in [2.45, 2.75) is 38.8 Å². The molecule has 2 N–H and O–H groups in total. The fourth-order valence-corrected chi connectivity index (χ4v) is 4.44. The van der Waals surface area contributed by atoms with Crippen molar-refractivity contribution in [2.24, 2.45) is 5.92 Å². The van der Waals surface area contributed by atoms with Crippen LogP contribution in [-0.2, 0) is 12.0 Å². The second-order valence-electron chi connectivity index (χ2n) is 8.22. The van der Waals surface area contributed by atoms with Gasteiger partial charge in [-0.3, -0.25) is 15.0 Å². The molecule has 150 valence electrons. The van der Waals surface area contributed by atoms with Crippen LogP contribution < -0.4 is 5.32 Å². The molecule has 2 aliphatic rings. The molecule has 4 rings (SSSR count). The molecule has 2 fully saturated rings. The van der Waals surface area contributed by atoms with Crippen molar-refractivity contribution in [3.05, 3.63) is 41.5 Å². The van der Waals surface area contributed by atoms with E-state index in [1.54, 1.807) is 12.3 Å². The molecule has 0 spiro atoms. The van der Waals surface area contributed by atoms with Gasteiger partial charge >= 0.3 is 6.03 Å². The van der Waals surface area contributed by atoms with Crippen molar-refractivity contribution in [2.75, 3.05) is 26.2 Å². The predicted molar refractivity (Wildman–Crippen MR) is 101 cm³/mol. The van der Waals surface area contributed by atoms with Crippen LogP contribution >= 0.6 is 0 Å². The SMILES string of the molecule is Cc1nc([C@@]23CN(Cc4ccncc4F)C[C@@H]2CN(C(=O)NC(C)C)C3)n[nH]1. The Kier molecular flexibility index (Phi) is 4.78. The first-order valence-corrected chi connectivity index (χ1v) is 9.63. The number of aromatic nitrogens is 4. The Labute approximate surface area is 163 Å². The van der Waals surface area contributed by atoms with E-state index in [2.05, 4.69) is 30.4 Å². The van der Waals surface area contributed by atoms with Gasteiger partial charge in [0.25, 0.3) is 0 Å². The van der Waals surface area contributed by atoms with E-state index >= 15 is 0 Å². The summed E-state index contributed by atoms with van der Waals surface area (Å²) < 4.78 is 14.1. The highest BCUT2D eigenvalue weighted by Gasteiger charge is 2.56. The van der Waals surface area contributed by atoms with Gasteiger partial charge in [0.05, 0.1) is 11.6 Å². The third-order valence-electron chi connectivity index (χ3n) is 5.67. The third-order valence-corrected chi connectivity index (χ3v) is 5.67. The summed E-state index contributed by atoms with van der Waals surface area (Å²) in [6.07, 6.45) is 2.86. The van der Waals surface area contributed by atoms with Crippen LogP contribution in [0.4, 0.5) is 9.18 Å². The van der Waals surface area contributed by atoms with E-state index in [1.807, 2.05) is 25.7 Å². The maximum atomic E-state index is 14.1. The van der Waals surface area contributed by atoms with Gasteiger partial charge in [0.1, 0.15) is 11.6 Å². The van der Waals surface area contributed by atoms with Gasteiger partial charge in [-0.15, -0.1) is 0 Å². The lowest BCUT2D eigenvalue weighted by atomic mass is 9.80. The Balaban J connectivity index is 1.57. The molecule has 2 aromatic heterocycles. The highest BCUT2D eigenvalue weighted by atomic mass is 19.1. The second-order valence-corrected chi connectivity index (χ2v) is 8.22. The minimum absolute atomic E-state index is 0.0530. The second kappa shape index (κ2) is 7.12. The van der Waals surface area contributed by atoms with Gasteiger partial charge in [0, 0.05) is 56.4 Å². The highest BCUT2D eigenvalue weighted by Crippen LogP contribution is 2.44. The summed E-state index contributed by atoms with van der Waals surface area (Å²) in [6, 6.07) is 1.75. The minimum Gasteiger partial charge on any atom is -0.336 e. The van der Waals surface area contributed by atoms with Crippen LogP contribution in [0.15, 0.2) is 18.5 Å². The molecule has 0 aliphatic carbocycles. The molecule has 2 aliphatic heterocycles. The number of aryl methyl sites for hydroxylation is 1. The monoisotopic (exact) mass is 387 g/mol. The standard InChI is InChI=1S/C19H26FN7O/c1-12(2)22-18(28)27-9-15-8-26(7-14-4-5-21-6-16(14)20)10-19(15,11-27)17-23-13(3)24-25-17/h4-6,12,15H,7-11H2,1-3H3,(H,22,28)(H,23,24,25)/t15-,19-/m1/s1. The number of likely N-dealkylation sites (tertiary alicyclic amines) is 2. The minimum atomic E-state index is -0.345. The topological polar surface area (TPSA) is 90.0 Å². The summed E-state index contributed by atoms with van der Waals surface area (Å²) in [7, 11) is 0. The van der Waals surface area contributed by atoms with Crippen molar-refractivity contribution in [1.29, 1.82) is 0 Å². The number of amides is 2. The number of hydrogen-bond acceptors (Lipinski definition) is 5. The van der Waals surface area contributed by atoms with Crippen LogP contribution in [-0.4, -0.2) is 68.2 Å². The van der Waals surface area contributed by atoms with Crippen molar-refractivity contribution in [3.63, 3.8) is 0 Å². The van der Waals surface area contributed by atoms with E-state index in [1.165, 1.54) is 6.20 Å². The van der Waals surface area contributed by atoms with Gasteiger partial charge < -0.3 is 10.2 Å². The summed E-state index contributed by atoms with van der Waals surface area (Å²) in [5.41, 5.74) is 0.286. The number of nitrogens with zero attached hydrogens (tertiary/aromatic N) is 5. The molecular weight excluding hydrogens is 361 g/mol. The van der Waals surface area contributed by atoms with Crippen molar-refractivity contribution in [3.8, 4) is 0 Å². The number of urea groups is 1. The Morgan fingerprint density at radius 1 is 1.43 bits per heavy atom. The molecule has 4 heterocycles. The van der Waals surface area contributed by atoms with Gasteiger partial charge in [0.2, 0.25) is 0 Å². The largest absolute Gasteiger partial charge is 0.336 e. The lowest BCUT2D eigenvalue weighted by Gasteiger charge is -2.27. The average molecular weight is 387 g/mol. The fraction of sp³-hybridized carbons (Fsp3) is 0.579. The molecular formula is C19H26FN7O. The molecule has 0 bridgehead atoms. The average Bonchev–Trinajstić information content (AvgIpc) is 3.29. The molecule has 0 saturated carbocycles. The lowest BCUT2D eigenvalue weighted by molar-refractivity contribution is 0.194. The molecule has 0 radical (unpaired) electrons. The summed E-state index contributed by atoms with van der Waals surface area (Å²) in [5, 5.41) is 10.4. The number of H-pyrrole nitrogens is 1. The van der Waals surface area contributed by atoms with Crippen LogP contribution in [0.3, 0.4) is 0 Å². The lowest BCUT2D eigenvalue weighted by Crippen LogP contribution is -2.45. The summed E-state index contributed by atoms with van der Waals surface area (Å²) in [5.74, 6) is 1.41. The van der Waals surface area contributed by atoms with E-state index in [0.29, 0.717) is 31.7 Å². The zero-order valence-corrected chi connectivity index (χ0v) is 16.4. The third kappa shape index (κ3) is 3.34. The highest BCUT2D eigenvalue weighted by molar-refractivity contribution is 5.75. The van der Waals surface area contributed by atoms with Crippen LogP contribution in [0.1, 0.15) is 31.1 Å². The van der Waals surface area contributed by atoms with Gasteiger partial charge in [-0.2, -0.15) is 5.10 Å². The van der Waals surface area contributed by atoms with Gasteiger partial charge in [-0.25, -0.2) is 14.2 Å². The molecule has 2 aromatic rings. The first kappa shape index (κ1) is 18.8. The van der Waals surface area contributed by atoms with Gasteiger partial charge in [0.15, 0.2) is 5.82 Å². The zero-order chi connectivity index (χ0) is 19.9. The molecule has 0 aromatic carbocycles. The van der Waals surface area contributed by atoms with E-state index in [0.717, 1.165) is 18.2 Å². The van der Waals surface area contributed by atoms with Gasteiger partial charge in [-0.1, -0.05) is 0 Å². The van der Waals surface area contributed by atoms with Crippen molar-refractivity contribution in [1.82, 2.24) is 35.3 Å². The number of aromatic amines is 1. The number of hydrogen-bond donors (Lipinski definition) is 2. The quantitative estimate of drug-likeness (QED) is 0.829. The van der Waals surface area contributed by atoms with Crippen LogP contribution in [0.5, 0.6) is 0 Å². The maximum absolute atomic E-state index is 14.1. The number of nitrogens with one attached hydrogen (secondary N) is 2. The van der Waals surface area contributed by atoms with Gasteiger partial charge in [-0.05, 0) is 26.8 Å². The van der Waals surface area contributed by atoms with E-state index in [-0.39, 0.29) is 29.2 Å². The molecule has 28 heavy (non-hydrogen) atoms. The number of fused-ring (bicyclic) bond motifs is 1. The Morgan fingerprint density at radius 3 is 2.93 bits per heavy atom. The summed E-state index contributed by atoms with van der Waals surface area (Å²) in [6.45, 7) is 8.93. The number of halogens is 1. The Bertz CT molecular complexity index is 869. The number of carbonyl (C=O) groups excluding carboxylic acids is 1. The summed E-state index contributed by atoms with van der Waals surface area (Å²) in [4.78, 5) is 25.1. The molecule has 2 saturated heterocycles. The molecule has 8 nitrogen and oxygen atoms in total. The smallest absolute Gasteiger partial charge is 0.317 e. The zero-order valence-electron chi connectivity index (χ0n) is 16.4. The maximum Gasteiger partial charge on any atom is 0.317 e. The van der Waals surface area contributed by atoms with E-state index in [4.69, 9.17) is 0 Å².